The Morgan fingerprint density at radius 1 is 0.903 bits per heavy atom. The fourth-order valence-corrected chi connectivity index (χ4v) is 4.68. The van der Waals surface area contributed by atoms with E-state index in [9.17, 15) is 4.79 Å². The summed E-state index contributed by atoms with van der Waals surface area (Å²) in [6.07, 6.45) is 6.18. The molecule has 1 aromatic carbocycles. The second-order valence-electron chi connectivity index (χ2n) is 8.57. The van der Waals surface area contributed by atoms with Crippen LogP contribution in [0.15, 0.2) is 47.4 Å². The van der Waals surface area contributed by atoms with Crippen LogP contribution in [0.2, 0.25) is 0 Å². The molecule has 7 heteroatoms. The highest BCUT2D eigenvalue weighted by Crippen LogP contribution is 2.29. The van der Waals surface area contributed by atoms with Gasteiger partial charge >= 0.3 is 0 Å². The van der Waals surface area contributed by atoms with E-state index in [0.29, 0.717) is 23.2 Å². The van der Waals surface area contributed by atoms with Gasteiger partial charge < -0.3 is 26.3 Å². The zero-order chi connectivity index (χ0) is 21.0. The number of rotatable bonds is 5. The molecule has 2 fully saturated rings. The lowest BCUT2D eigenvalue weighted by Gasteiger charge is -2.24. The summed E-state index contributed by atoms with van der Waals surface area (Å²) in [7, 11) is 0. The minimum atomic E-state index is -0.132. The van der Waals surface area contributed by atoms with E-state index in [1.54, 1.807) is 6.20 Å². The van der Waals surface area contributed by atoms with Crippen LogP contribution >= 0.6 is 0 Å². The van der Waals surface area contributed by atoms with E-state index < -0.39 is 0 Å². The fraction of sp³-hybridized carbons (Fsp3) is 0.417. The Morgan fingerprint density at radius 3 is 2.35 bits per heavy atom. The van der Waals surface area contributed by atoms with E-state index in [4.69, 9.17) is 4.98 Å². The largest absolute Gasteiger partial charge is 0.367 e. The Hall–Kier alpha value is -2.90. The van der Waals surface area contributed by atoms with Crippen molar-refractivity contribution in [3.05, 3.63) is 58.5 Å². The number of H-pyrrole nitrogens is 1. The third-order valence-corrected chi connectivity index (χ3v) is 6.43. The number of pyridine rings is 2. The minimum Gasteiger partial charge on any atom is -0.367 e. The normalized spacial score (nSPS) is 18.2. The smallest absolute Gasteiger partial charge is 0.259 e. The molecule has 2 aliphatic heterocycles. The highest BCUT2D eigenvalue weighted by atomic mass is 16.1. The number of benzene rings is 1. The average molecular weight is 419 g/mol. The van der Waals surface area contributed by atoms with Crippen LogP contribution in [0.5, 0.6) is 0 Å². The quantitative estimate of drug-likeness (QED) is 0.437. The zero-order valence-corrected chi connectivity index (χ0v) is 17.7. The van der Waals surface area contributed by atoms with Crippen molar-refractivity contribution >= 4 is 28.1 Å². The number of piperidine rings is 2. The first kappa shape index (κ1) is 20.0. The van der Waals surface area contributed by atoms with Crippen molar-refractivity contribution in [2.75, 3.05) is 36.8 Å². The van der Waals surface area contributed by atoms with Gasteiger partial charge in [-0.1, -0.05) is 12.1 Å². The van der Waals surface area contributed by atoms with Crippen LogP contribution < -0.4 is 26.8 Å². The molecular formula is C24H30N6O. The second-order valence-corrected chi connectivity index (χ2v) is 8.57. The minimum absolute atomic E-state index is 0.132. The van der Waals surface area contributed by atoms with Crippen molar-refractivity contribution < 1.29 is 0 Å². The number of fused-ring (bicyclic) bond motifs is 1. The van der Waals surface area contributed by atoms with Crippen LogP contribution in [0.25, 0.3) is 10.8 Å². The molecule has 5 rings (SSSR count). The van der Waals surface area contributed by atoms with Crippen LogP contribution in [-0.2, 0) is 0 Å². The summed E-state index contributed by atoms with van der Waals surface area (Å²) in [5.74, 6) is 2.01. The van der Waals surface area contributed by atoms with Gasteiger partial charge in [0.25, 0.3) is 5.56 Å². The summed E-state index contributed by atoms with van der Waals surface area (Å²) in [6, 6.07) is 12.9. The third-order valence-electron chi connectivity index (χ3n) is 6.43. The third kappa shape index (κ3) is 4.57. The summed E-state index contributed by atoms with van der Waals surface area (Å²) in [6.45, 7) is 4.19. The maximum Gasteiger partial charge on any atom is 0.259 e. The Kier molecular flexibility index (Phi) is 5.86. The lowest BCUT2D eigenvalue weighted by molar-refractivity contribution is 0.460. The molecule has 3 aromatic rings. The summed E-state index contributed by atoms with van der Waals surface area (Å²) < 4.78 is 0. The maximum atomic E-state index is 12.6. The van der Waals surface area contributed by atoms with Crippen molar-refractivity contribution in [1.82, 2.24) is 20.6 Å². The molecule has 7 nitrogen and oxygen atoms in total. The van der Waals surface area contributed by atoms with Gasteiger partial charge in [0.05, 0.1) is 5.39 Å². The van der Waals surface area contributed by atoms with E-state index in [2.05, 4.69) is 50.5 Å². The molecule has 0 unspecified atom stereocenters. The number of anilines is 3. The standard InChI is InChI=1S/C24H30N6O/c31-24-22-18(7-14-27-24)15-21(28-20-8-12-26-13-9-20)30-23(22)29-19-3-1-16(2-4-19)17-5-10-25-11-6-17/h1-4,7,14-15,17,20,25-26H,5-6,8-13H2,(H,27,31)(H2,28,29,30). The molecule has 0 atom stereocenters. The SMILES string of the molecule is O=c1[nH]ccc2cc(NC3CCNCC3)nc(Nc3ccc(C4CCNCC4)cc3)c12. The average Bonchev–Trinajstić information content (AvgIpc) is 2.81. The molecule has 0 radical (unpaired) electrons. The lowest BCUT2D eigenvalue weighted by Crippen LogP contribution is -2.35. The van der Waals surface area contributed by atoms with E-state index in [-0.39, 0.29) is 5.56 Å². The summed E-state index contributed by atoms with van der Waals surface area (Å²) in [5, 5.41) is 15.2. The van der Waals surface area contributed by atoms with Gasteiger partial charge in [0.1, 0.15) is 11.6 Å². The van der Waals surface area contributed by atoms with Crippen LogP contribution in [0.4, 0.5) is 17.3 Å². The van der Waals surface area contributed by atoms with Crippen LogP contribution in [0.3, 0.4) is 0 Å². The molecule has 2 aromatic heterocycles. The number of hydrogen-bond donors (Lipinski definition) is 5. The number of hydrogen-bond acceptors (Lipinski definition) is 6. The van der Waals surface area contributed by atoms with Gasteiger partial charge in [0, 0.05) is 17.9 Å². The fourth-order valence-electron chi connectivity index (χ4n) is 4.68. The summed E-state index contributed by atoms with van der Waals surface area (Å²) in [5.41, 5.74) is 2.19. The monoisotopic (exact) mass is 418 g/mol. The second kappa shape index (κ2) is 9.08. The molecule has 0 saturated carbocycles. The van der Waals surface area contributed by atoms with Gasteiger partial charge in [0.15, 0.2) is 0 Å². The Morgan fingerprint density at radius 2 is 1.61 bits per heavy atom. The molecular weight excluding hydrogens is 388 g/mol. The predicted octanol–water partition coefficient (Wildman–Crippen LogP) is 3.30. The van der Waals surface area contributed by atoms with Crippen LogP contribution in [0.1, 0.15) is 37.2 Å². The first-order chi connectivity index (χ1) is 15.3. The number of aromatic nitrogens is 2. The molecule has 0 aliphatic carbocycles. The number of aromatic amines is 1. The molecule has 5 N–H and O–H groups in total. The predicted molar refractivity (Wildman–Crippen MR) is 126 cm³/mol. The van der Waals surface area contributed by atoms with E-state index >= 15 is 0 Å². The topological polar surface area (TPSA) is 93.9 Å². The van der Waals surface area contributed by atoms with Gasteiger partial charge in [-0.2, -0.15) is 0 Å². The van der Waals surface area contributed by atoms with Gasteiger partial charge in [0.2, 0.25) is 0 Å². The molecule has 2 aliphatic rings. The number of nitrogens with zero attached hydrogens (tertiary/aromatic N) is 1. The molecule has 0 bridgehead atoms. The van der Waals surface area contributed by atoms with Crippen LogP contribution in [0, 0.1) is 0 Å². The molecule has 31 heavy (non-hydrogen) atoms. The van der Waals surface area contributed by atoms with Gasteiger partial charge in [-0.15, -0.1) is 0 Å². The Balaban J connectivity index is 1.42. The highest BCUT2D eigenvalue weighted by molar-refractivity contribution is 5.94. The van der Waals surface area contributed by atoms with Gasteiger partial charge in [-0.25, -0.2) is 4.98 Å². The molecule has 0 amide bonds. The lowest BCUT2D eigenvalue weighted by atomic mass is 9.90. The van der Waals surface area contributed by atoms with Crippen molar-refractivity contribution in [3.8, 4) is 0 Å². The molecule has 2 saturated heterocycles. The highest BCUT2D eigenvalue weighted by Gasteiger charge is 2.17. The van der Waals surface area contributed by atoms with Gasteiger partial charge in [-0.05, 0) is 93.0 Å². The first-order valence-corrected chi connectivity index (χ1v) is 11.3. The Labute approximate surface area is 182 Å². The molecule has 4 heterocycles. The van der Waals surface area contributed by atoms with Crippen molar-refractivity contribution in [3.63, 3.8) is 0 Å². The van der Waals surface area contributed by atoms with Gasteiger partial charge in [-0.3, -0.25) is 4.79 Å². The van der Waals surface area contributed by atoms with E-state index in [1.807, 2.05) is 12.1 Å². The summed E-state index contributed by atoms with van der Waals surface area (Å²) in [4.78, 5) is 20.2. The van der Waals surface area contributed by atoms with E-state index in [0.717, 1.165) is 55.9 Å². The van der Waals surface area contributed by atoms with Crippen molar-refractivity contribution in [2.24, 2.45) is 0 Å². The van der Waals surface area contributed by atoms with Crippen molar-refractivity contribution in [2.45, 2.75) is 37.6 Å². The number of nitrogens with one attached hydrogen (secondary N) is 5. The molecule has 162 valence electrons. The summed E-state index contributed by atoms with van der Waals surface area (Å²) >= 11 is 0. The first-order valence-electron chi connectivity index (χ1n) is 11.3. The van der Waals surface area contributed by atoms with Crippen molar-refractivity contribution in [1.29, 1.82) is 0 Å². The zero-order valence-electron chi connectivity index (χ0n) is 17.7. The Bertz CT molecular complexity index is 1080. The van der Waals surface area contributed by atoms with E-state index in [1.165, 1.54) is 18.4 Å². The molecule has 0 spiro atoms. The van der Waals surface area contributed by atoms with Crippen LogP contribution in [-0.4, -0.2) is 42.2 Å². The maximum absolute atomic E-state index is 12.6.